The van der Waals surface area contributed by atoms with Crippen LogP contribution in [0.3, 0.4) is 0 Å². The molecule has 1 aromatic carbocycles. The molecule has 86 valence electrons. The third kappa shape index (κ3) is 2.42. The zero-order chi connectivity index (χ0) is 12.4. The molecule has 2 rings (SSSR count). The number of nitrogens with zero attached hydrogens (tertiary/aromatic N) is 3. The van der Waals surface area contributed by atoms with Crippen LogP contribution in [0.1, 0.15) is 11.5 Å². The highest BCUT2D eigenvalue weighted by atomic mass is 32.2. The Bertz CT molecular complexity index is 583. The van der Waals surface area contributed by atoms with Crippen molar-refractivity contribution < 1.29 is 13.2 Å². The van der Waals surface area contributed by atoms with Gasteiger partial charge in [-0.3, -0.25) is 0 Å². The molecule has 2 aromatic rings. The molecule has 0 aliphatic carbocycles. The van der Waals surface area contributed by atoms with Crippen LogP contribution < -0.4 is 0 Å². The van der Waals surface area contributed by atoms with Gasteiger partial charge in [0.05, 0.1) is 16.5 Å². The van der Waals surface area contributed by atoms with Gasteiger partial charge < -0.3 is 4.42 Å². The predicted molar refractivity (Wildman–Crippen MR) is 54.2 cm³/mol. The molecule has 0 saturated carbocycles. The first-order chi connectivity index (χ1) is 8.10. The summed E-state index contributed by atoms with van der Waals surface area (Å²) >= 11 is 0.681. The summed E-state index contributed by atoms with van der Waals surface area (Å²) in [6.07, 6.45) is 0. The molecule has 1 aromatic heterocycles. The minimum atomic E-state index is -0.831. The molecule has 0 aliphatic rings. The van der Waals surface area contributed by atoms with E-state index in [1.807, 2.05) is 0 Å². The lowest BCUT2D eigenvalue weighted by atomic mass is 10.2. The van der Waals surface area contributed by atoms with E-state index in [1.165, 1.54) is 0 Å². The van der Waals surface area contributed by atoms with Gasteiger partial charge in [0.2, 0.25) is 5.89 Å². The lowest BCUT2D eigenvalue weighted by Gasteiger charge is -2.01. The molecule has 4 nitrogen and oxygen atoms in total. The van der Waals surface area contributed by atoms with Crippen LogP contribution in [0.5, 0.6) is 0 Å². The fourth-order valence-electron chi connectivity index (χ4n) is 1.13. The molecule has 0 saturated heterocycles. The molecule has 17 heavy (non-hydrogen) atoms. The SMILES string of the molecule is Cc1nnc(Sc2c(F)cc(C#N)cc2F)o1. The summed E-state index contributed by atoms with van der Waals surface area (Å²) in [6, 6.07) is 3.57. The zero-order valence-electron chi connectivity index (χ0n) is 8.57. The molecule has 7 heteroatoms. The highest BCUT2D eigenvalue weighted by Gasteiger charge is 2.15. The molecule has 0 unspecified atom stereocenters. The van der Waals surface area contributed by atoms with E-state index in [-0.39, 0.29) is 15.7 Å². The van der Waals surface area contributed by atoms with Crippen LogP contribution in [-0.4, -0.2) is 10.2 Å². The van der Waals surface area contributed by atoms with Gasteiger partial charge in [0.15, 0.2) is 0 Å². The van der Waals surface area contributed by atoms with Crippen LogP contribution in [0.4, 0.5) is 8.78 Å². The van der Waals surface area contributed by atoms with Crippen LogP contribution >= 0.6 is 11.8 Å². The van der Waals surface area contributed by atoms with Crippen LogP contribution in [0.25, 0.3) is 0 Å². The van der Waals surface area contributed by atoms with Crippen LogP contribution in [-0.2, 0) is 0 Å². The molecule has 0 radical (unpaired) electrons. The predicted octanol–water partition coefficient (Wildman–Crippen LogP) is 2.68. The number of rotatable bonds is 2. The third-order valence-corrected chi connectivity index (χ3v) is 2.76. The van der Waals surface area contributed by atoms with Gasteiger partial charge in [0.25, 0.3) is 5.22 Å². The normalized spacial score (nSPS) is 10.2. The van der Waals surface area contributed by atoms with Crippen LogP contribution in [0, 0.1) is 29.9 Å². The van der Waals surface area contributed by atoms with E-state index in [2.05, 4.69) is 10.2 Å². The van der Waals surface area contributed by atoms with E-state index in [0.29, 0.717) is 17.7 Å². The molecule has 0 fully saturated rings. The first kappa shape index (κ1) is 11.5. The smallest absolute Gasteiger partial charge is 0.281 e. The Morgan fingerprint density at radius 1 is 1.29 bits per heavy atom. The zero-order valence-corrected chi connectivity index (χ0v) is 9.39. The molecular formula is C10H5F2N3OS. The maximum Gasteiger partial charge on any atom is 0.281 e. The number of aryl methyl sites for hydroxylation is 1. The molecule has 0 N–H and O–H groups in total. The lowest BCUT2D eigenvalue weighted by Crippen LogP contribution is -1.90. The van der Waals surface area contributed by atoms with Crippen molar-refractivity contribution in [1.29, 1.82) is 5.26 Å². The van der Waals surface area contributed by atoms with Crippen molar-refractivity contribution in [2.45, 2.75) is 17.0 Å². The number of hydrogen-bond donors (Lipinski definition) is 0. The van der Waals surface area contributed by atoms with E-state index >= 15 is 0 Å². The van der Waals surface area contributed by atoms with E-state index in [0.717, 1.165) is 12.1 Å². The Morgan fingerprint density at radius 3 is 2.41 bits per heavy atom. The van der Waals surface area contributed by atoms with Gasteiger partial charge in [-0.2, -0.15) is 5.26 Å². The fourth-order valence-corrected chi connectivity index (χ4v) is 1.86. The second-order valence-corrected chi connectivity index (χ2v) is 4.03. The molecule has 0 bridgehead atoms. The topological polar surface area (TPSA) is 62.7 Å². The van der Waals surface area contributed by atoms with E-state index in [4.69, 9.17) is 9.68 Å². The number of hydrogen-bond acceptors (Lipinski definition) is 5. The average molecular weight is 253 g/mol. The highest BCUT2D eigenvalue weighted by molar-refractivity contribution is 7.99. The maximum atomic E-state index is 13.5. The first-order valence-corrected chi connectivity index (χ1v) is 5.29. The number of benzene rings is 1. The van der Waals surface area contributed by atoms with Crippen LogP contribution in [0.2, 0.25) is 0 Å². The van der Waals surface area contributed by atoms with Gasteiger partial charge in [-0.05, 0) is 23.9 Å². The van der Waals surface area contributed by atoms with Crippen molar-refractivity contribution in [3.8, 4) is 6.07 Å². The first-order valence-electron chi connectivity index (χ1n) is 4.47. The van der Waals surface area contributed by atoms with Crippen LogP contribution in [0.15, 0.2) is 26.7 Å². The number of nitriles is 1. The van der Waals surface area contributed by atoms with E-state index in [1.54, 1.807) is 13.0 Å². The Hall–Kier alpha value is -1.94. The van der Waals surface area contributed by atoms with E-state index < -0.39 is 11.6 Å². The quantitative estimate of drug-likeness (QED) is 0.823. The van der Waals surface area contributed by atoms with Crippen molar-refractivity contribution in [2.24, 2.45) is 0 Å². The maximum absolute atomic E-state index is 13.5. The molecule has 0 spiro atoms. The van der Waals surface area contributed by atoms with Gasteiger partial charge in [-0.15, -0.1) is 10.2 Å². The van der Waals surface area contributed by atoms with Crippen molar-refractivity contribution >= 4 is 11.8 Å². The summed E-state index contributed by atoms with van der Waals surface area (Å²) in [6.45, 7) is 1.57. The van der Waals surface area contributed by atoms with Crippen molar-refractivity contribution in [1.82, 2.24) is 10.2 Å². The molecule has 1 heterocycles. The van der Waals surface area contributed by atoms with E-state index in [9.17, 15) is 8.78 Å². The lowest BCUT2D eigenvalue weighted by molar-refractivity contribution is 0.428. The summed E-state index contributed by atoms with van der Waals surface area (Å²) in [7, 11) is 0. The van der Waals surface area contributed by atoms with Gasteiger partial charge in [0.1, 0.15) is 11.6 Å². The Labute approximate surface area is 99.3 Å². The van der Waals surface area contributed by atoms with Crippen molar-refractivity contribution in [3.63, 3.8) is 0 Å². The Kier molecular flexibility index (Phi) is 3.06. The van der Waals surface area contributed by atoms with Crippen molar-refractivity contribution in [2.75, 3.05) is 0 Å². The van der Waals surface area contributed by atoms with Gasteiger partial charge in [0, 0.05) is 6.92 Å². The molecule has 0 amide bonds. The largest absolute Gasteiger partial charge is 0.416 e. The summed E-state index contributed by atoms with van der Waals surface area (Å²) in [5, 5.41) is 15.7. The summed E-state index contributed by atoms with van der Waals surface area (Å²) < 4.78 is 32.0. The standard InChI is InChI=1S/C10H5F2N3OS/c1-5-14-15-10(16-5)17-9-7(11)2-6(4-13)3-8(9)12/h2-3H,1H3. The van der Waals surface area contributed by atoms with Crippen molar-refractivity contribution in [3.05, 3.63) is 35.2 Å². The second-order valence-electron chi connectivity index (χ2n) is 3.07. The third-order valence-electron chi connectivity index (χ3n) is 1.82. The average Bonchev–Trinajstić information content (AvgIpc) is 2.69. The number of halogens is 2. The van der Waals surface area contributed by atoms with Gasteiger partial charge in [-0.1, -0.05) is 0 Å². The highest BCUT2D eigenvalue weighted by Crippen LogP contribution is 2.31. The Balaban J connectivity index is 2.37. The molecule has 0 atom stereocenters. The minimum absolute atomic E-state index is 0.0463. The summed E-state index contributed by atoms with van der Waals surface area (Å²) in [5.74, 6) is -1.35. The Morgan fingerprint density at radius 2 is 1.94 bits per heavy atom. The fraction of sp³-hybridized carbons (Fsp3) is 0.100. The van der Waals surface area contributed by atoms with Gasteiger partial charge in [-0.25, -0.2) is 8.78 Å². The molecular weight excluding hydrogens is 248 g/mol. The monoisotopic (exact) mass is 253 g/mol. The summed E-state index contributed by atoms with van der Waals surface area (Å²) in [5.41, 5.74) is -0.0777. The molecule has 0 aliphatic heterocycles. The summed E-state index contributed by atoms with van der Waals surface area (Å²) in [4.78, 5) is -0.271. The minimum Gasteiger partial charge on any atom is -0.416 e. The number of aromatic nitrogens is 2. The second kappa shape index (κ2) is 4.51. The van der Waals surface area contributed by atoms with Gasteiger partial charge >= 0.3 is 0 Å².